The van der Waals surface area contributed by atoms with E-state index in [4.69, 9.17) is 15.0 Å². The molecule has 1 atom stereocenters. The van der Waals surface area contributed by atoms with Crippen LogP contribution < -0.4 is 15.4 Å². The molecule has 2 aromatic rings. The number of carbonyl (C=O) groups excluding carboxylic acids is 1. The van der Waals surface area contributed by atoms with Gasteiger partial charge in [0.1, 0.15) is 11.4 Å². The van der Waals surface area contributed by atoms with E-state index in [1.54, 1.807) is 6.08 Å². The maximum Gasteiger partial charge on any atom is 0.271 e. The molecule has 170 valence electrons. The number of ether oxygens (including phenoxy) is 1. The maximum atomic E-state index is 12.8. The van der Waals surface area contributed by atoms with Crippen LogP contribution in [-0.4, -0.2) is 21.4 Å². The van der Waals surface area contributed by atoms with Gasteiger partial charge < -0.3 is 15.4 Å². The van der Waals surface area contributed by atoms with E-state index in [2.05, 4.69) is 21.7 Å². The van der Waals surface area contributed by atoms with E-state index in [1.807, 2.05) is 32.0 Å². The Hall–Kier alpha value is -3.91. The van der Waals surface area contributed by atoms with Crippen molar-refractivity contribution in [2.75, 3.05) is 5.32 Å². The summed E-state index contributed by atoms with van der Waals surface area (Å²) in [7, 11) is 0. The number of amides is 1. The highest BCUT2D eigenvalue weighted by molar-refractivity contribution is 5.98. The van der Waals surface area contributed by atoms with Gasteiger partial charge in [-0.3, -0.25) is 4.79 Å². The Labute approximate surface area is 197 Å². The third-order valence-corrected chi connectivity index (χ3v) is 7.49. The van der Waals surface area contributed by atoms with Crippen LogP contribution in [-0.2, 0) is 0 Å². The minimum Gasteiger partial charge on any atom is -0.438 e. The molecule has 0 unspecified atom stereocenters. The summed E-state index contributed by atoms with van der Waals surface area (Å²) in [6, 6.07) is 8.21. The van der Waals surface area contributed by atoms with Crippen molar-refractivity contribution in [3.63, 3.8) is 0 Å². The predicted molar refractivity (Wildman–Crippen MR) is 124 cm³/mol. The second-order valence-electron chi connectivity index (χ2n) is 10.3. The Morgan fingerprint density at radius 1 is 1.18 bits per heavy atom. The quantitative estimate of drug-likeness (QED) is 0.620. The summed E-state index contributed by atoms with van der Waals surface area (Å²) < 4.78 is 6.43. The van der Waals surface area contributed by atoms with Gasteiger partial charge in [0.25, 0.3) is 5.91 Å². The van der Waals surface area contributed by atoms with Gasteiger partial charge in [-0.05, 0) is 86.8 Å². The van der Waals surface area contributed by atoms with E-state index in [0.717, 1.165) is 54.4 Å². The molecule has 4 aliphatic carbocycles. The fraction of sp³-hybridized carbons (Fsp3) is 0.423. The molecule has 0 saturated heterocycles. The summed E-state index contributed by atoms with van der Waals surface area (Å²) in [5.74, 6) is 1.64. The lowest BCUT2D eigenvalue weighted by Crippen LogP contribution is -2.70. The van der Waals surface area contributed by atoms with Crippen LogP contribution in [0.25, 0.3) is 6.08 Å². The number of rotatable bonds is 6. The zero-order valence-electron chi connectivity index (χ0n) is 19.1. The number of hydrogen-bond donors (Lipinski definition) is 2. The predicted octanol–water partition coefficient (Wildman–Crippen LogP) is 4.48. The molecule has 1 aromatic heterocycles. The summed E-state index contributed by atoms with van der Waals surface area (Å²) in [5.41, 5.74) is 3.48. The highest BCUT2D eigenvalue weighted by Gasteiger charge is 2.69. The average Bonchev–Trinajstić information content (AvgIpc) is 3.54. The summed E-state index contributed by atoms with van der Waals surface area (Å²) in [6.07, 6.45) is 7.66. The number of aromatic nitrogens is 2. The number of aryl methyl sites for hydroxylation is 2. The van der Waals surface area contributed by atoms with Gasteiger partial charge in [-0.1, -0.05) is 0 Å². The first-order valence-corrected chi connectivity index (χ1v) is 11.6. The van der Waals surface area contributed by atoms with Crippen molar-refractivity contribution in [3.05, 3.63) is 46.2 Å². The van der Waals surface area contributed by atoms with Crippen LogP contribution in [0.4, 0.5) is 5.95 Å². The van der Waals surface area contributed by atoms with Crippen LogP contribution in [0.3, 0.4) is 0 Å². The molecule has 0 spiro atoms. The molecule has 2 bridgehead atoms. The number of nitriles is 2. The summed E-state index contributed by atoms with van der Waals surface area (Å²) in [5, 5.41) is 24.7. The highest BCUT2D eigenvalue weighted by atomic mass is 16.5. The van der Waals surface area contributed by atoms with E-state index >= 15 is 0 Å². The zero-order chi connectivity index (χ0) is 23.7. The normalized spacial score (nSPS) is 28.2. The number of fused-ring (bicyclic) bond motifs is 1. The molecule has 0 radical (unpaired) electrons. The maximum absolute atomic E-state index is 12.8. The van der Waals surface area contributed by atoms with E-state index in [0.29, 0.717) is 29.2 Å². The lowest BCUT2D eigenvalue weighted by Gasteiger charge is -2.66. The molecule has 8 heteroatoms. The van der Waals surface area contributed by atoms with Crippen LogP contribution in [0.2, 0.25) is 0 Å². The van der Waals surface area contributed by atoms with Crippen LogP contribution in [0.1, 0.15) is 70.9 Å². The Balaban J connectivity index is 1.38. The SMILES string of the molecule is Cc1cc(/C=C/C#N)cc(C)c1Oc1nc(NC23CC(C#N)(C2)C3)nc2c1[C@H](C1CC1)NC2=O. The first-order chi connectivity index (χ1) is 16.3. The Morgan fingerprint density at radius 3 is 2.50 bits per heavy atom. The third kappa shape index (κ3) is 3.13. The highest BCUT2D eigenvalue weighted by Crippen LogP contribution is 2.67. The van der Waals surface area contributed by atoms with E-state index in [-0.39, 0.29) is 22.9 Å². The molecular formula is C26H24N6O2. The van der Waals surface area contributed by atoms with Crippen molar-refractivity contribution >= 4 is 17.9 Å². The van der Waals surface area contributed by atoms with Gasteiger partial charge >= 0.3 is 0 Å². The van der Waals surface area contributed by atoms with Crippen molar-refractivity contribution in [1.82, 2.24) is 15.3 Å². The monoisotopic (exact) mass is 452 g/mol. The number of nitrogens with one attached hydrogen (secondary N) is 2. The van der Waals surface area contributed by atoms with Crippen molar-refractivity contribution in [1.29, 1.82) is 10.5 Å². The standard InChI is InChI=1S/C26H24N6O2/c1-14-8-16(4-3-7-27)9-15(2)21(14)34-23-18-19(17-5-6-17)29-22(33)20(18)30-24(31-23)32-26-10-25(11-26,12-26)13-28/h3-4,8-9,17,19H,5-6,10-12H2,1-2H3,(H,29,33)(H,30,31,32)/b4-3+/t19-,25?,26?/m0/s1. The summed E-state index contributed by atoms with van der Waals surface area (Å²) >= 11 is 0. The van der Waals surface area contributed by atoms with Gasteiger partial charge in [-0.25, -0.2) is 4.98 Å². The van der Waals surface area contributed by atoms with E-state index < -0.39 is 0 Å². The summed E-state index contributed by atoms with van der Waals surface area (Å²) in [6.45, 7) is 3.91. The van der Waals surface area contributed by atoms with Crippen molar-refractivity contribution in [2.45, 2.75) is 57.5 Å². The fourth-order valence-electron chi connectivity index (χ4n) is 5.85. The average molecular weight is 453 g/mol. The molecule has 8 nitrogen and oxygen atoms in total. The minimum atomic E-state index is -0.201. The van der Waals surface area contributed by atoms with Gasteiger partial charge in [-0.15, -0.1) is 0 Å². The first-order valence-electron chi connectivity index (χ1n) is 11.6. The number of benzene rings is 1. The number of allylic oxidation sites excluding steroid dienone is 1. The van der Waals surface area contributed by atoms with Crippen LogP contribution >= 0.6 is 0 Å². The molecule has 7 rings (SSSR count). The van der Waals surface area contributed by atoms with E-state index in [1.165, 1.54) is 6.08 Å². The van der Waals surface area contributed by atoms with Gasteiger partial charge in [0.2, 0.25) is 11.8 Å². The zero-order valence-corrected chi connectivity index (χ0v) is 19.1. The second kappa shape index (κ2) is 7.04. The lowest BCUT2D eigenvalue weighted by molar-refractivity contribution is -0.0665. The fourth-order valence-corrected chi connectivity index (χ4v) is 5.85. The molecule has 4 fully saturated rings. The van der Waals surface area contributed by atoms with Crippen LogP contribution in [0.15, 0.2) is 18.2 Å². The Bertz CT molecular complexity index is 1320. The topological polar surface area (TPSA) is 124 Å². The Morgan fingerprint density at radius 2 is 1.88 bits per heavy atom. The molecule has 1 aliphatic heterocycles. The molecule has 2 N–H and O–H groups in total. The van der Waals surface area contributed by atoms with Gasteiger partial charge in [0.05, 0.1) is 29.2 Å². The minimum absolute atomic E-state index is 0.137. The smallest absolute Gasteiger partial charge is 0.271 e. The number of nitrogens with zero attached hydrogens (tertiary/aromatic N) is 4. The molecular weight excluding hydrogens is 428 g/mol. The Kier molecular flexibility index (Phi) is 4.28. The van der Waals surface area contributed by atoms with Crippen LogP contribution in [0.5, 0.6) is 11.6 Å². The molecule has 2 heterocycles. The molecule has 34 heavy (non-hydrogen) atoms. The molecule has 5 aliphatic rings. The van der Waals surface area contributed by atoms with Crippen molar-refractivity contribution in [3.8, 4) is 23.8 Å². The number of hydrogen-bond acceptors (Lipinski definition) is 7. The number of anilines is 1. The van der Waals surface area contributed by atoms with Crippen molar-refractivity contribution < 1.29 is 9.53 Å². The largest absolute Gasteiger partial charge is 0.438 e. The van der Waals surface area contributed by atoms with Crippen LogP contribution in [0, 0.1) is 47.8 Å². The molecule has 1 amide bonds. The van der Waals surface area contributed by atoms with Gasteiger partial charge in [0, 0.05) is 11.6 Å². The molecule has 1 aromatic carbocycles. The third-order valence-electron chi connectivity index (χ3n) is 7.49. The van der Waals surface area contributed by atoms with E-state index in [9.17, 15) is 10.1 Å². The van der Waals surface area contributed by atoms with Crippen molar-refractivity contribution in [2.24, 2.45) is 11.3 Å². The summed E-state index contributed by atoms with van der Waals surface area (Å²) in [4.78, 5) is 22.2. The first kappa shape index (κ1) is 20.7. The van der Waals surface area contributed by atoms with Gasteiger partial charge in [0.15, 0.2) is 0 Å². The molecule has 4 saturated carbocycles. The lowest BCUT2D eigenvalue weighted by atomic mass is 9.40. The second-order valence-corrected chi connectivity index (χ2v) is 10.3. The van der Waals surface area contributed by atoms with Gasteiger partial charge in [-0.2, -0.15) is 15.5 Å². The number of carbonyl (C=O) groups is 1.